The fourth-order valence-corrected chi connectivity index (χ4v) is 2.40. The fraction of sp³-hybridized carbons (Fsp3) is 0.667. The second kappa shape index (κ2) is 15.9. The van der Waals surface area contributed by atoms with E-state index in [-0.39, 0.29) is 18.1 Å². The van der Waals surface area contributed by atoms with Crippen molar-refractivity contribution in [3.8, 4) is 0 Å². The standard InChI is InChI=1S/C18H26N2O6/c1-15(11-17(23)24)18(25)26-10-6-4-8-16(12-20-14-22)7-3-2-5-9-19-13-21/h16H,1-12H2,(H,23,24). The van der Waals surface area contributed by atoms with Gasteiger partial charge in [0, 0.05) is 5.57 Å². The number of carbonyl (C=O) groups is 2. The molecule has 1 N–H and O–H groups in total. The molecular weight excluding hydrogens is 340 g/mol. The molecule has 0 aliphatic rings. The Morgan fingerprint density at radius 2 is 1.65 bits per heavy atom. The van der Waals surface area contributed by atoms with Crippen molar-refractivity contribution in [3.05, 3.63) is 12.2 Å². The average Bonchev–Trinajstić information content (AvgIpc) is 2.60. The molecule has 1 unspecified atom stereocenters. The topological polar surface area (TPSA) is 122 Å². The Morgan fingerprint density at radius 3 is 2.27 bits per heavy atom. The second-order valence-electron chi connectivity index (χ2n) is 5.93. The Labute approximate surface area is 153 Å². The Kier molecular flexibility index (Phi) is 14.4. The van der Waals surface area contributed by atoms with Gasteiger partial charge in [-0.1, -0.05) is 19.4 Å². The number of carboxylic acids is 1. The van der Waals surface area contributed by atoms with Crippen molar-refractivity contribution in [2.45, 2.75) is 51.4 Å². The van der Waals surface area contributed by atoms with Gasteiger partial charge in [0.15, 0.2) is 0 Å². The molecule has 0 aromatic carbocycles. The minimum atomic E-state index is -1.12. The third-order valence-electron chi connectivity index (χ3n) is 3.75. The van der Waals surface area contributed by atoms with Crippen LogP contribution in [0.4, 0.5) is 0 Å². The van der Waals surface area contributed by atoms with E-state index in [9.17, 15) is 19.2 Å². The smallest absolute Gasteiger partial charge is 0.333 e. The molecule has 0 aromatic heterocycles. The van der Waals surface area contributed by atoms with E-state index in [4.69, 9.17) is 9.84 Å². The summed E-state index contributed by atoms with van der Waals surface area (Å²) >= 11 is 0. The molecule has 0 rings (SSSR count). The lowest BCUT2D eigenvalue weighted by molar-refractivity contribution is -0.142. The van der Waals surface area contributed by atoms with Crippen LogP contribution in [0, 0.1) is 5.92 Å². The first kappa shape index (κ1) is 23.4. The quantitative estimate of drug-likeness (QED) is 0.147. The third-order valence-corrected chi connectivity index (χ3v) is 3.75. The Balaban J connectivity index is 3.96. The highest BCUT2D eigenvalue weighted by Crippen LogP contribution is 2.17. The van der Waals surface area contributed by atoms with Crippen LogP contribution in [0.1, 0.15) is 51.4 Å². The summed E-state index contributed by atoms with van der Waals surface area (Å²) in [5, 5.41) is 8.58. The number of esters is 1. The van der Waals surface area contributed by atoms with Crippen molar-refractivity contribution in [3.63, 3.8) is 0 Å². The van der Waals surface area contributed by atoms with Crippen molar-refractivity contribution in [2.24, 2.45) is 15.9 Å². The van der Waals surface area contributed by atoms with Crippen molar-refractivity contribution in [2.75, 3.05) is 19.7 Å². The summed E-state index contributed by atoms with van der Waals surface area (Å²) in [4.78, 5) is 49.4. The van der Waals surface area contributed by atoms with Crippen molar-refractivity contribution in [1.82, 2.24) is 0 Å². The molecule has 0 amide bonds. The molecule has 0 fully saturated rings. The first-order chi connectivity index (χ1) is 12.5. The highest BCUT2D eigenvalue weighted by atomic mass is 16.5. The molecule has 1 atom stereocenters. The number of aliphatic imine (C=N–C) groups is 2. The zero-order chi connectivity index (χ0) is 19.6. The number of hydrogen-bond acceptors (Lipinski definition) is 7. The maximum Gasteiger partial charge on any atom is 0.333 e. The molecule has 0 spiro atoms. The van der Waals surface area contributed by atoms with Crippen molar-refractivity contribution in [1.29, 1.82) is 0 Å². The molecule has 0 radical (unpaired) electrons. The molecule has 0 bridgehead atoms. The van der Waals surface area contributed by atoms with E-state index in [2.05, 4.69) is 16.6 Å². The molecular formula is C18H26N2O6. The maximum atomic E-state index is 11.5. The highest BCUT2D eigenvalue weighted by molar-refractivity contribution is 5.92. The fourth-order valence-electron chi connectivity index (χ4n) is 2.40. The zero-order valence-corrected chi connectivity index (χ0v) is 14.9. The number of aliphatic carboxylic acids is 1. The van der Waals surface area contributed by atoms with Crippen LogP contribution in [0.5, 0.6) is 0 Å². The number of carboxylic acid groups (broad SMARTS) is 1. The number of unbranched alkanes of at least 4 members (excludes halogenated alkanes) is 3. The minimum absolute atomic E-state index is 0.0744. The molecule has 0 aromatic rings. The van der Waals surface area contributed by atoms with Crippen molar-refractivity contribution >= 4 is 24.1 Å². The van der Waals surface area contributed by atoms with Gasteiger partial charge < -0.3 is 9.84 Å². The van der Waals surface area contributed by atoms with Gasteiger partial charge in [-0.15, -0.1) is 0 Å². The summed E-state index contributed by atoms with van der Waals surface area (Å²) < 4.78 is 4.97. The van der Waals surface area contributed by atoms with E-state index >= 15 is 0 Å². The summed E-state index contributed by atoms with van der Waals surface area (Å²) in [6, 6.07) is 0. The molecule has 8 nitrogen and oxygen atoms in total. The first-order valence-corrected chi connectivity index (χ1v) is 8.65. The van der Waals surface area contributed by atoms with Gasteiger partial charge in [-0.05, 0) is 38.0 Å². The number of rotatable bonds is 16. The molecule has 8 heteroatoms. The number of nitrogens with zero attached hydrogens (tertiary/aromatic N) is 2. The first-order valence-electron chi connectivity index (χ1n) is 8.65. The predicted octanol–water partition coefficient (Wildman–Crippen LogP) is 2.58. The van der Waals surface area contributed by atoms with Crippen LogP contribution >= 0.6 is 0 Å². The van der Waals surface area contributed by atoms with Crippen LogP contribution in [-0.4, -0.2) is 48.9 Å². The van der Waals surface area contributed by atoms with E-state index in [1.807, 2.05) is 0 Å². The minimum Gasteiger partial charge on any atom is -0.481 e. The van der Waals surface area contributed by atoms with Gasteiger partial charge in [-0.3, -0.25) is 4.79 Å². The maximum absolute atomic E-state index is 11.5. The Hall–Kier alpha value is -2.56. The van der Waals surface area contributed by atoms with E-state index in [0.29, 0.717) is 19.5 Å². The number of carbonyl (C=O) groups excluding carboxylic acids is 3. The van der Waals surface area contributed by atoms with E-state index < -0.39 is 18.4 Å². The Bertz CT molecular complexity index is 548. The van der Waals surface area contributed by atoms with Gasteiger partial charge in [0.05, 0.1) is 26.1 Å². The monoisotopic (exact) mass is 366 g/mol. The van der Waals surface area contributed by atoms with Crippen LogP contribution < -0.4 is 0 Å². The molecule has 0 saturated carbocycles. The van der Waals surface area contributed by atoms with E-state index in [1.54, 1.807) is 6.08 Å². The summed E-state index contributed by atoms with van der Waals surface area (Å²) in [5.74, 6) is -1.56. The zero-order valence-electron chi connectivity index (χ0n) is 14.9. The van der Waals surface area contributed by atoms with Crippen LogP contribution in [0.25, 0.3) is 0 Å². The number of isocyanates is 2. The molecule has 0 aliphatic carbocycles. The molecule has 0 saturated heterocycles. The largest absolute Gasteiger partial charge is 0.481 e. The summed E-state index contributed by atoms with van der Waals surface area (Å²) in [5.41, 5.74) is -0.0744. The summed E-state index contributed by atoms with van der Waals surface area (Å²) in [6.45, 7) is 4.49. The van der Waals surface area contributed by atoms with Gasteiger partial charge >= 0.3 is 11.9 Å². The number of ether oxygens (including phenoxy) is 1. The lowest BCUT2D eigenvalue weighted by atomic mass is 9.95. The second-order valence-corrected chi connectivity index (χ2v) is 5.93. The normalized spacial score (nSPS) is 10.9. The highest BCUT2D eigenvalue weighted by Gasteiger charge is 2.12. The average molecular weight is 366 g/mol. The van der Waals surface area contributed by atoms with E-state index in [1.165, 1.54) is 6.08 Å². The van der Waals surface area contributed by atoms with Gasteiger partial charge in [0.2, 0.25) is 12.2 Å². The summed E-state index contributed by atoms with van der Waals surface area (Å²) in [7, 11) is 0. The molecule has 26 heavy (non-hydrogen) atoms. The molecule has 144 valence electrons. The molecule has 0 aliphatic heterocycles. The third kappa shape index (κ3) is 13.8. The van der Waals surface area contributed by atoms with Gasteiger partial charge in [0.1, 0.15) is 0 Å². The van der Waals surface area contributed by atoms with Gasteiger partial charge in [0.25, 0.3) is 0 Å². The van der Waals surface area contributed by atoms with Crippen molar-refractivity contribution < 1.29 is 29.0 Å². The van der Waals surface area contributed by atoms with Crippen LogP contribution in [0.2, 0.25) is 0 Å². The molecule has 0 heterocycles. The van der Waals surface area contributed by atoms with Crippen LogP contribution in [0.15, 0.2) is 22.1 Å². The lowest BCUT2D eigenvalue weighted by Crippen LogP contribution is -2.12. The van der Waals surface area contributed by atoms with Crippen LogP contribution in [0.3, 0.4) is 0 Å². The predicted molar refractivity (Wildman–Crippen MR) is 94.1 cm³/mol. The lowest BCUT2D eigenvalue weighted by Gasteiger charge is -2.14. The Morgan fingerprint density at radius 1 is 1.00 bits per heavy atom. The van der Waals surface area contributed by atoms with Gasteiger partial charge in [-0.25, -0.2) is 24.4 Å². The SMILES string of the molecule is C=C(CC(=O)O)C(=O)OCCCCC(CCCCCN=C=O)CN=C=O. The van der Waals surface area contributed by atoms with E-state index in [0.717, 1.165) is 38.5 Å². The summed E-state index contributed by atoms with van der Waals surface area (Å²) in [6.07, 6.45) is 8.54. The van der Waals surface area contributed by atoms with Gasteiger partial charge in [-0.2, -0.15) is 0 Å². The number of hydrogen-bond donors (Lipinski definition) is 1. The van der Waals surface area contributed by atoms with Crippen LogP contribution in [-0.2, 0) is 23.9 Å².